The van der Waals surface area contributed by atoms with E-state index < -0.39 is 0 Å². The number of piperazine rings is 1. The lowest BCUT2D eigenvalue weighted by atomic mass is 10.2. The molecule has 0 saturated carbocycles. The monoisotopic (exact) mass is 283 g/mol. The molecular weight excluding hydrogens is 262 g/mol. The number of methoxy groups -OCH3 is 1. The molecular formula is C13H21N3O2S. The number of ketones is 1. The highest BCUT2D eigenvalue weighted by Crippen LogP contribution is 2.45. The van der Waals surface area contributed by atoms with Gasteiger partial charge in [-0.1, -0.05) is 6.92 Å². The number of likely N-dealkylation sites (N-methyl/N-ethyl adjacent to an activating group) is 1. The maximum absolute atomic E-state index is 11.6. The van der Waals surface area contributed by atoms with Crippen LogP contribution in [0.25, 0.3) is 0 Å². The van der Waals surface area contributed by atoms with E-state index in [2.05, 4.69) is 16.7 Å². The lowest BCUT2D eigenvalue weighted by molar-refractivity contribution is 0.102. The van der Waals surface area contributed by atoms with Crippen molar-refractivity contribution < 1.29 is 9.53 Å². The fourth-order valence-electron chi connectivity index (χ4n) is 2.35. The molecule has 106 valence electrons. The number of carbonyl (C=O) groups excluding carboxylic acids is 1. The molecule has 1 aliphatic heterocycles. The molecule has 2 heterocycles. The van der Waals surface area contributed by atoms with Crippen molar-refractivity contribution in [3.8, 4) is 5.75 Å². The second kappa shape index (κ2) is 5.79. The van der Waals surface area contributed by atoms with Crippen LogP contribution in [-0.2, 0) is 0 Å². The highest BCUT2D eigenvalue weighted by Gasteiger charge is 2.25. The maximum Gasteiger partial charge on any atom is 0.177 e. The summed E-state index contributed by atoms with van der Waals surface area (Å²) in [6, 6.07) is 0. The molecule has 0 amide bonds. The molecule has 2 rings (SSSR count). The van der Waals surface area contributed by atoms with Gasteiger partial charge in [-0.3, -0.25) is 4.79 Å². The van der Waals surface area contributed by atoms with E-state index in [1.54, 1.807) is 14.0 Å². The molecule has 0 spiro atoms. The van der Waals surface area contributed by atoms with Gasteiger partial charge in [0.2, 0.25) is 0 Å². The van der Waals surface area contributed by atoms with Gasteiger partial charge in [-0.25, -0.2) is 0 Å². The van der Waals surface area contributed by atoms with Gasteiger partial charge in [-0.15, -0.1) is 11.3 Å². The van der Waals surface area contributed by atoms with Crippen LogP contribution in [0.2, 0.25) is 0 Å². The number of ether oxygens (including phenoxy) is 1. The SMILES string of the molecule is CCN1CCN(c2sc(C(C)=O)c(N)c2OC)CC1. The molecule has 1 fully saturated rings. The smallest absolute Gasteiger partial charge is 0.177 e. The number of hydrogen-bond donors (Lipinski definition) is 1. The fourth-order valence-corrected chi connectivity index (χ4v) is 3.49. The Balaban J connectivity index is 2.25. The van der Waals surface area contributed by atoms with Gasteiger partial charge in [0.15, 0.2) is 11.5 Å². The third-order valence-electron chi connectivity index (χ3n) is 3.51. The molecule has 2 N–H and O–H groups in total. The summed E-state index contributed by atoms with van der Waals surface area (Å²) >= 11 is 1.44. The van der Waals surface area contributed by atoms with Gasteiger partial charge >= 0.3 is 0 Å². The van der Waals surface area contributed by atoms with E-state index in [-0.39, 0.29) is 5.78 Å². The number of thiophene rings is 1. The van der Waals surface area contributed by atoms with Crippen LogP contribution in [0.3, 0.4) is 0 Å². The number of nitrogens with zero attached hydrogens (tertiary/aromatic N) is 2. The summed E-state index contributed by atoms with van der Waals surface area (Å²) in [6.45, 7) is 8.76. The first kappa shape index (κ1) is 14.1. The Morgan fingerprint density at radius 3 is 2.47 bits per heavy atom. The summed E-state index contributed by atoms with van der Waals surface area (Å²) in [5.41, 5.74) is 6.48. The summed E-state index contributed by atoms with van der Waals surface area (Å²) in [7, 11) is 1.61. The van der Waals surface area contributed by atoms with E-state index in [1.807, 2.05) is 0 Å². The van der Waals surface area contributed by atoms with Crippen molar-refractivity contribution in [2.45, 2.75) is 13.8 Å². The number of nitrogens with two attached hydrogens (primary N) is 1. The second-order valence-electron chi connectivity index (χ2n) is 4.66. The van der Waals surface area contributed by atoms with Gasteiger partial charge in [0, 0.05) is 33.1 Å². The molecule has 0 bridgehead atoms. The predicted octanol–water partition coefficient (Wildman–Crippen LogP) is 1.68. The average Bonchev–Trinajstić information content (AvgIpc) is 2.76. The van der Waals surface area contributed by atoms with Gasteiger partial charge < -0.3 is 20.3 Å². The van der Waals surface area contributed by atoms with Crippen molar-refractivity contribution in [2.24, 2.45) is 0 Å². The van der Waals surface area contributed by atoms with Crippen LogP contribution in [-0.4, -0.2) is 50.5 Å². The third kappa shape index (κ3) is 2.69. The Morgan fingerprint density at radius 2 is 2.00 bits per heavy atom. The van der Waals surface area contributed by atoms with E-state index in [1.165, 1.54) is 11.3 Å². The first-order valence-corrected chi connectivity index (χ1v) is 7.34. The number of anilines is 2. The molecule has 0 unspecified atom stereocenters. The molecule has 1 saturated heterocycles. The van der Waals surface area contributed by atoms with Crippen LogP contribution in [0, 0.1) is 0 Å². The van der Waals surface area contributed by atoms with Crippen LogP contribution in [0.15, 0.2) is 0 Å². The second-order valence-corrected chi connectivity index (χ2v) is 5.66. The number of nitrogen functional groups attached to an aromatic ring is 1. The summed E-state index contributed by atoms with van der Waals surface area (Å²) in [6.07, 6.45) is 0. The number of Topliss-reactive ketones (excluding diaryl/α,β-unsaturated/α-hetero) is 1. The zero-order valence-corrected chi connectivity index (χ0v) is 12.5. The van der Waals surface area contributed by atoms with E-state index in [0.717, 1.165) is 37.7 Å². The average molecular weight is 283 g/mol. The molecule has 0 aliphatic carbocycles. The standard InChI is InChI=1S/C13H21N3O2S/c1-4-15-5-7-16(8-6-15)13-11(18-3)10(14)12(19-13)9(2)17/h4-8,14H2,1-3H3. The third-order valence-corrected chi connectivity index (χ3v) is 4.86. The molecule has 1 aromatic heterocycles. The Kier molecular flexibility index (Phi) is 4.31. The Hall–Kier alpha value is -1.27. The van der Waals surface area contributed by atoms with Crippen molar-refractivity contribution in [2.75, 3.05) is 50.5 Å². The maximum atomic E-state index is 11.6. The molecule has 0 radical (unpaired) electrons. The van der Waals surface area contributed by atoms with Crippen molar-refractivity contribution >= 4 is 27.8 Å². The highest BCUT2D eigenvalue weighted by molar-refractivity contribution is 7.19. The van der Waals surface area contributed by atoms with Gasteiger partial charge in [-0.2, -0.15) is 0 Å². The summed E-state index contributed by atoms with van der Waals surface area (Å²) in [4.78, 5) is 16.8. The van der Waals surface area contributed by atoms with Crippen LogP contribution in [0.5, 0.6) is 5.75 Å². The van der Waals surface area contributed by atoms with Crippen molar-refractivity contribution in [3.05, 3.63) is 4.88 Å². The topological polar surface area (TPSA) is 58.8 Å². The minimum absolute atomic E-state index is 0.000700. The van der Waals surface area contributed by atoms with E-state index in [4.69, 9.17) is 10.5 Å². The van der Waals surface area contributed by atoms with Gasteiger partial charge in [0.1, 0.15) is 5.00 Å². The highest BCUT2D eigenvalue weighted by atomic mass is 32.1. The summed E-state index contributed by atoms with van der Waals surface area (Å²) in [5, 5.41) is 0.987. The lowest BCUT2D eigenvalue weighted by Gasteiger charge is -2.34. The van der Waals surface area contributed by atoms with Gasteiger partial charge in [-0.05, 0) is 6.54 Å². The zero-order valence-electron chi connectivity index (χ0n) is 11.7. The largest absolute Gasteiger partial charge is 0.492 e. The Labute approximate surface area is 117 Å². The molecule has 1 aliphatic rings. The first-order valence-electron chi connectivity index (χ1n) is 6.53. The molecule has 1 aromatic rings. The number of rotatable bonds is 4. The van der Waals surface area contributed by atoms with Crippen LogP contribution in [0.4, 0.5) is 10.7 Å². The quantitative estimate of drug-likeness (QED) is 0.852. The minimum Gasteiger partial charge on any atom is -0.492 e. The predicted molar refractivity (Wildman–Crippen MR) is 79.6 cm³/mol. The summed E-state index contributed by atoms with van der Waals surface area (Å²) < 4.78 is 5.39. The fraction of sp³-hybridized carbons (Fsp3) is 0.615. The lowest BCUT2D eigenvalue weighted by Crippen LogP contribution is -2.46. The van der Waals surface area contributed by atoms with Crippen LogP contribution < -0.4 is 15.4 Å². The number of hydrogen-bond acceptors (Lipinski definition) is 6. The van der Waals surface area contributed by atoms with Crippen LogP contribution >= 0.6 is 11.3 Å². The Bertz CT molecular complexity index is 465. The van der Waals surface area contributed by atoms with Crippen molar-refractivity contribution in [3.63, 3.8) is 0 Å². The van der Waals surface area contributed by atoms with Crippen molar-refractivity contribution in [1.82, 2.24) is 4.90 Å². The molecule has 5 nitrogen and oxygen atoms in total. The van der Waals surface area contributed by atoms with E-state index in [9.17, 15) is 4.79 Å². The summed E-state index contributed by atoms with van der Waals surface area (Å²) in [5.74, 6) is 0.652. The van der Waals surface area contributed by atoms with E-state index >= 15 is 0 Å². The Morgan fingerprint density at radius 1 is 1.37 bits per heavy atom. The first-order chi connectivity index (χ1) is 9.08. The minimum atomic E-state index is -0.000700. The normalized spacial score (nSPS) is 16.7. The van der Waals surface area contributed by atoms with Gasteiger partial charge in [0.25, 0.3) is 0 Å². The van der Waals surface area contributed by atoms with Gasteiger partial charge in [0.05, 0.1) is 17.7 Å². The van der Waals surface area contributed by atoms with Crippen molar-refractivity contribution in [1.29, 1.82) is 0 Å². The number of carbonyl (C=O) groups is 1. The van der Waals surface area contributed by atoms with Crippen LogP contribution in [0.1, 0.15) is 23.5 Å². The molecule has 0 aromatic carbocycles. The zero-order chi connectivity index (χ0) is 14.0. The van der Waals surface area contributed by atoms with E-state index in [0.29, 0.717) is 16.3 Å². The molecule has 19 heavy (non-hydrogen) atoms. The molecule has 6 heteroatoms. The molecule has 0 atom stereocenters.